The Morgan fingerprint density at radius 3 is 2.83 bits per heavy atom. The van der Waals surface area contributed by atoms with E-state index in [-0.39, 0.29) is 5.56 Å². The molecule has 1 heterocycles. The zero-order valence-electron chi connectivity index (χ0n) is 12.7. The highest BCUT2D eigenvalue weighted by Gasteiger charge is 2.09. The lowest BCUT2D eigenvalue weighted by Crippen LogP contribution is -2.22. The van der Waals surface area contributed by atoms with Crippen LogP contribution in [0, 0.1) is 0 Å². The summed E-state index contributed by atoms with van der Waals surface area (Å²) in [6.45, 7) is 2.06. The predicted molar refractivity (Wildman–Crippen MR) is 97.1 cm³/mol. The van der Waals surface area contributed by atoms with E-state index in [0.29, 0.717) is 17.6 Å². The fraction of sp³-hybridized carbons (Fsp3) is 0.167. The van der Waals surface area contributed by atoms with Gasteiger partial charge in [0.2, 0.25) is 0 Å². The van der Waals surface area contributed by atoms with Gasteiger partial charge >= 0.3 is 0 Å². The third kappa shape index (κ3) is 3.40. The van der Waals surface area contributed by atoms with Crippen molar-refractivity contribution in [3.05, 3.63) is 74.7 Å². The molecule has 116 valence electrons. The van der Waals surface area contributed by atoms with Crippen molar-refractivity contribution in [1.82, 2.24) is 9.66 Å². The molecule has 0 aliphatic heterocycles. The molecule has 3 rings (SSSR count). The number of nitrogens with zero attached hydrogens (tertiary/aromatic N) is 3. The predicted octanol–water partition coefficient (Wildman–Crippen LogP) is 3.99. The number of benzene rings is 2. The van der Waals surface area contributed by atoms with Crippen LogP contribution in [0.5, 0.6) is 0 Å². The Labute approximate surface area is 142 Å². The van der Waals surface area contributed by atoms with Crippen molar-refractivity contribution in [3.63, 3.8) is 0 Å². The van der Waals surface area contributed by atoms with Crippen molar-refractivity contribution in [2.24, 2.45) is 5.10 Å². The minimum absolute atomic E-state index is 0.134. The normalized spacial score (nSPS) is 11.4. The zero-order valence-corrected chi connectivity index (χ0v) is 14.3. The van der Waals surface area contributed by atoms with E-state index in [1.54, 1.807) is 12.3 Å². The topological polar surface area (TPSA) is 47.2 Å². The number of para-hydroxylation sites is 1. The van der Waals surface area contributed by atoms with Gasteiger partial charge in [-0.25, -0.2) is 4.98 Å². The van der Waals surface area contributed by atoms with E-state index in [0.717, 1.165) is 22.0 Å². The monoisotopic (exact) mass is 369 g/mol. The summed E-state index contributed by atoms with van der Waals surface area (Å²) >= 11 is 3.43. The molecule has 0 aliphatic rings. The molecule has 0 atom stereocenters. The fourth-order valence-corrected chi connectivity index (χ4v) is 2.80. The number of aromatic nitrogens is 2. The number of hydrogen-bond donors (Lipinski definition) is 0. The molecule has 0 saturated heterocycles. The van der Waals surface area contributed by atoms with Gasteiger partial charge in [-0.1, -0.05) is 47.1 Å². The molecule has 0 N–H and O–H groups in total. The first kappa shape index (κ1) is 15.6. The van der Waals surface area contributed by atoms with Crippen molar-refractivity contribution in [1.29, 1.82) is 0 Å². The second-order valence-corrected chi connectivity index (χ2v) is 6.13. The molecule has 0 fully saturated rings. The quantitative estimate of drug-likeness (QED) is 0.652. The Morgan fingerprint density at radius 2 is 2.04 bits per heavy atom. The van der Waals surface area contributed by atoms with Gasteiger partial charge in [-0.05, 0) is 36.2 Å². The molecule has 0 saturated carbocycles. The summed E-state index contributed by atoms with van der Waals surface area (Å²) < 4.78 is 2.38. The summed E-state index contributed by atoms with van der Waals surface area (Å²) in [6.07, 6.45) is 3.29. The van der Waals surface area contributed by atoms with Crippen molar-refractivity contribution in [2.45, 2.75) is 19.8 Å². The SMILES string of the molecule is CCCc1nc2ccccc2c(=O)n1/N=C/c1cccc(Br)c1. The highest BCUT2D eigenvalue weighted by molar-refractivity contribution is 9.10. The molecule has 2 aromatic carbocycles. The molecule has 4 nitrogen and oxygen atoms in total. The van der Waals surface area contributed by atoms with Crippen molar-refractivity contribution in [2.75, 3.05) is 0 Å². The number of fused-ring (bicyclic) bond motifs is 1. The minimum Gasteiger partial charge on any atom is -0.267 e. The van der Waals surface area contributed by atoms with Gasteiger partial charge in [0.05, 0.1) is 17.1 Å². The van der Waals surface area contributed by atoms with Gasteiger partial charge in [0.1, 0.15) is 5.82 Å². The third-order valence-corrected chi connectivity index (χ3v) is 3.96. The van der Waals surface area contributed by atoms with Crippen LogP contribution in [0.4, 0.5) is 0 Å². The smallest absolute Gasteiger partial charge is 0.267 e. The summed E-state index contributed by atoms with van der Waals surface area (Å²) in [5.41, 5.74) is 1.50. The van der Waals surface area contributed by atoms with Gasteiger partial charge in [0.25, 0.3) is 5.56 Å². The maximum absolute atomic E-state index is 12.7. The number of aryl methyl sites for hydroxylation is 1. The molecule has 0 spiro atoms. The Balaban J connectivity index is 2.13. The fourth-order valence-electron chi connectivity index (χ4n) is 2.39. The van der Waals surface area contributed by atoms with E-state index in [1.165, 1.54) is 4.68 Å². The van der Waals surface area contributed by atoms with Gasteiger partial charge in [-0.15, -0.1) is 0 Å². The van der Waals surface area contributed by atoms with Crippen molar-refractivity contribution in [3.8, 4) is 0 Å². The average molecular weight is 370 g/mol. The van der Waals surface area contributed by atoms with E-state index in [2.05, 4.69) is 32.9 Å². The van der Waals surface area contributed by atoms with Crippen LogP contribution in [0.3, 0.4) is 0 Å². The van der Waals surface area contributed by atoms with Crippen LogP contribution in [0.2, 0.25) is 0 Å². The molecule has 0 aliphatic carbocycles. The first-order valence-electron chi connectivity index (χ1n) is 7.49. The molecule has 3 aromatic rings. The molecule has 0 bridgehead atoms. The van der Waals surface area contributed by atoms with Crippen LogP contribution < -0.4 is 5.56 Å². The van der Waals surface area contributed by atoms with E-state index in [9.17, 15) is 4.79 Å². The van der Waals surface area contributed by atoms with Crippen LogP contribution in [0.15, 0.2) is 62.9 Å². The van der Waals surface area contributed by atoms with E-state index < -0.39 is 0 Å². The minimum atomic E-state index is -0.134. The second kappa shape index (κ2) is 6.87. The zero-order chi connectivity index (χ0) is 16.2. The number of hydrogen-bond acceptors (Lipinski definition) is 3. The highest BCUT2D eigenvalue weighted by Crippen LogP contribution is 2.11. The molecule has 5 heteroatoms. The Hall–Kier alpha value is -2.27. The van der Waals surface area contributed by atoms with Crippen LogP contribution >= 0.6 is 15.9 Å². The first-order valence-corrected chi connectivity index (χ1v) is 8.29. The number of halogens is 1. The summed E-state index contributed by atoms with van der Waals surface area (Å²) in [5.74, 6) is 0.683. The lowest BCUT2D eigenvalue weighted by molar-refractivity contribution is 0.704. The Morgan fingerprint density at radius 1 is 1.22 bits per heavy atom. The van der Waals surface area contributed by atoms with Gasteiger partial charge in [0.15, 0.2) is 0 Å². The molecule has 1 aromatic heterocycles. The largest absolute Gasteiger partial charge is 0.282 e. The third-order valence-electron chi connectivity index (χ3n) is 3.47. The molecule has 0 amide bonds. The molecule has 23 heavy (non-hydrogen) atoms. The molecular weight excluding hydrogens is 354 g/mol. The maximum Gasteiger partial charge on any atom is 0.282 e. The average Bonchev–Trinajstić information content (AvgIpc) is 2.55. The van der Waals surface area contributed by atoms with Gasteiger partial charge in [-0.2, -0.15) is 9.78 Å². The van der Waals surface area contributed by atoms with Crippen LogP contribution in [0.25, 0.3) is 10.9 Å². The van der Waals surface area contributed by atoms with E-state index in [4.69, 9.17) is 0 Å². The summed E-state index contributed by atoms with van der Waals surface area (Å²) in [6, 6.07) is 15.1. The Bertz CT molecular complexity index is 931. The van der Waals surface area contributed by atoms with E-state index in [1.807, 2.05) is 42.5 Å². The van der Waals surface area contributed by atoms with Gasteiger partial charge in [-0.3, -0.25) is 4.79 Å². The summed E-state index contributed by atoms with van der Waals surface area (Å²) in [5, 5.41) is 4.96. The lowest BCUT2D eigenvalue weighted by Gasteiger charge is -2.08. The first-order chi connectivity index (χ1) is 11.2. The summed E-state index contributed by atoms with van der Waals surface area (Å²) in [4.78, 5) is 17.3. The maximum atomic E-state index is 12.7. The number of rotatable bonds is 4. The van der Waals surface area contributed by atoms with Crippen molar-refractivity contribution < 1.29 is 0 Å². The lowest BCUT2D eigenvalue weighted by atomic mass is 10.2. The molecule has 0 unspecified atom stereocenters. The van der Waals surface area contributed by atoms with E-state index >= 15 is 0 Å². The van der Waals surface area contributed by atoms with Crippen LogP contribution in [0.1, 0.15) is 24.7 Å². The Kier molecular flexibility index (Phi) is 4.67. The van der Waals surface area contributed by atoms with Crippen LogP contribution in [-0.4, -0.2) is 15.9 Å². The second-order valence-electron chi connectivity index (χ2n) is 5.21. The van der Waals surface area contributed by atoms with Crippen LogP contribution in [-0.2, 0) is 6.42 Å². The summed E-state index contributed by atoms with van der Waals surface area (Å²) in [7, 11) is 0. The highest BCUT2D eigenvalue weighted by atomic mass is 79.9. The molecular formula is C18H16BrN3O. The van der Waals surface area contributed by atoms with Crippen molar-refractivity contribution >= 4 is 33.0 Å². The van der Waals surface area contributed by atoms with Gasteiger partial charge in [0, 0.05) is 10.9 Å². The molecule has 0 radical (unpaired) electrons. The standard InChI is InChI=1S/C18H16BrN3O/c1-2-6-17-21-16-10-4-3-9-15(16)18(23)22(17)20-12-13-7-5-8-14(19)11-13/h3-5,7-12H,2,6H2,1H3/b20-12+. The van der Waals surface area contributed by atoms with Gasteiger partial charge < -0.3 is 0 Å².